The number of thioether (sulfide) groups is 1. The number of hydrogen-bond donors (Lipinski definition) is 3. The van der Waals surface area contributed by atoms with Crippen LogP contribution in [0.4, 0.5) is 9.52 Å². The Labute approximate surface area is 112 Å². The van der Waals surface area contributed by atoms with Crippen LogP contribution >= 0.6 is 23.1 Å². The molecule has 0 radical (unpaired) electrons. The molecule has 1 saturated heterocycles. The summed E-state index contributed by atoms with van der Waals surface area (Å²) in [6, 6.07) is 0.0334. The van der Waals surface area contributed by atoms with Crippen LogP contribution in [-0.2, 0) is 4.79 Å². The Morgan fingerprint density at radius 2 is 2.50 bits per heavy atom. The molecule has 6 nitrogen and oxygen atoms in total. The lowest BCUT2D eigenvalue weighted by Crippen LogP contribution is -2.37. The summed E-state index contributed by atoms with van der Waals surface area (Å²) in [5, 5.41) is 13.6. The Kier molecular flexibility index (Phi) is 4.72. The third kappa shape index (κ3) is 4.07. The van der Waals surface area contributed by atoms with E-state index in [-0.39, 0.29) is 17.7 Å². The lowest BCUT2D eigenvalue weighted by molar-refractivity contribution is -0.118. The maximum atomic E-state index is 12.9. The van der Waals surface area contributed by atoms with Crippen molar-refractivity contribution in [2.75, 3.05) is 24.6 Å². The van der Waals surface area contributed by atoms with Crippen molar-refractivity contribution < 1.29 is 9.18 Å². The third-order valence-electron chi connectivity index (χ3n) is 2.46. The molecule has 100 valence electrons. The minimum absolute atomic E-state index is 0.0334. The third-order valence-corrected chi connectivity index (χ3v) is 4.35. The number of halogens is 1. The predicted octanol–water partition coefficient (Wildman–Crippen LogP) is 0.0286. The standard InChI is InChI=1S/C9H14FN5OS2/c10-5-1-6(12-2-5)3-13-7(16)4-17-9-15-14-8(11)18-9/h5-6,12H,1-4H2,(H2,11,14)(H,13,16)/t5-,6-/m0/s1. The summed E-state index contributed by atoms with van der Waals surface area (Å²) < 4.78 is 13.5. The van der Waals surface area contributed by atoms with Crippen molar-refractivity contribution >= 4 is 34.1 Å². The first kappa shape index (κ1) is 13.5. The Bertz CT molecular complexity index is 415. The van der Waals surface area contributed by atoms with Crippen LogP contribution in [-0.4, -0.2) is 47.2 Å². The molecule has 18 heavy (non-hydrogen) atoms. The molecule has 2 atom stereocenters. The average Bonchev–Trinajstić information content (AvgIpc) is 2.93. The van der Waals surface area contributed by atoms with E-state index in [1.165, 1.54) is 23.1 Å². The first-order valence-corrected chi connectivity index (χ1v) is 7.29. The van der Waals surface area contributed by atoms with Crippen molar-refractivity contribution in [3.05, 3.63) is 0 Å². The van der Waals surface area contributed by atoms with E-state index in [0.717, 1.165) is 0 Å². The van der Waals surface area contributed by atoms with Gasteiger partial charge in [-0.05, 0) is 6.42 Å². The lowest BCUT2D eigenvalue weighted by atomic mass is 10.2. The molecule has 0 aromatic carbocycles. The topological polar surface area (TPSA) is 92.9 Å². The Morgan fingerprint density at radius 3 is 3.11 bits per heavy atom. The van der Waals surface area contributed by atoms with Gasteiger partial charge in [-0.1, -0.05) is 23.1 Å². The summed E-state index contributed by atoms with van der Waals surface area (Å²) in [7, 11) is 0. The summed E-state index contributed by atoms with van der Waals surface area (Å²) in [5.41, 5.74) is 5.43. The van der Waals surface area contributed by atoms with Crippen LogP contribution in [0.2, 0.25) is 0 Å². The van der Waals surface area contributed by atoms with E-state index in [1.54, 1.807) is 0 Å². The van der Waals surface area contributed by atoms with Crippen molar-refractivity contribution in [2.24, 2.45) is 0 Å². The van der Waals surface area contributed by atoms with Crippen molar-refractivity contribution in [3.63, 3.8) is 0 Å². The largest absolute Gasteiger partial charge is 0.374 e. The smallest absolute Gasteiger partial charge is 0.230 e. The maximum absolute atomic E-state index is 12.9. The number of anilines is 1. The SMILES string of the molecule is Nc1nnc(SCC(=O)NC[C@@H]2C[C@H](F)CN2)s1. The number of hydrogen-bond acceptors (Lipinski definition) is 7. The summed E-state index contributed by atoms with van der Waals surface area (Å²) in [6.45, 7) is 0.831. The average molecular weight is 291 g/mol. The second kappa shape index (κ2) is 6.30. The second-order valence-electron chi connectivity index (χ2n) is 3.94. The van der Waals surface area contributed by atoms with Crippen LogP contribution in [0.15, 0.2) is 4.34 Å². The highest BCUT2D eigenvalue weighted by atomic mass is 32.2. The summed E-state index contributed by atoms with van der Waals surface area (Å²) in [6.07, 6.45) is -0.342. The zero-order valence-electron chi connectivity index (χ0n) is 9.56. The Hall–Kier alpha value is -0.930. The molecular formula is C9H14FN5OS2. The molecule has 9 heteroatoms. The number of rotatable bonds is 5. The number of carbonyl (C=O) groups excluding carboxylic acids is 1. The number of nitrogens with one attached hydrogen (secondary N) is 2. The predicted molar refractivity (Wildman–Crippen MR) is 69.4 cm³/mol. The number of aromatic nitrogens is 2. The molecule has 0 unspecified atom stereocenters. The molecule has 0 saturated carbocycles. The molecule has 1 aromatic rings. The molecule has 0 bridgehead atoms. The quantitative estimate of drug-likeness (QED) is 0.663. The highest BCUT2D eigenvalue weighted by Crippen LogP contribution is 2.22. The van der Waals surface area contributed by atoms with Crippen LogP contribution in [0.1, 0.15) is 6.42 Å². The zero-order valence-corrected chi connectivity index (χ0v) is 11.2. The molecule has 2 rings (SSSR count). The fourth-order valence-electron chi connectivity index (χ4n) is 1.62. The summed E-state index contributed by atoms with van der Waals surface area (Å²) >= 11 is 2.54. The monoisotopic (exact) mass is 291 g/mol. The van der Waals surface area contributed by atoms with Crippen molar-refractivity contribution in [2.45, 2.75) is 23.0 Å². The minimum atomic E-state index is -0.800. The molecule has 1 fully saturated rings. The molecular weight excluding hydrogens is 277 g/mol. The lowest BCUT2D eigenvalue weighted by Gasteiger charge is -2.10. The van der Waals surface area contributed by atoms with Crippen LogP contribution < -0.4 is 16.4 Å². The number of nitrogens with two attached hydrogens (primary N) is 1. The van der Waals surface area contributed by atoms with Gasteiger partial charge in [0.05, 0.1) is 5.75 Å². The maximum Gasteiger partial charge on any atom is 0.230 e. The molecule has 4 N–H and O–H groups in total. The normalized spacial score (nSPS) is 23.2. The van der Waals surface area contributed by atoms with Gasteiger partial charge in [0.2, 0.25) is 11.0 Å². The summed E-state index contributed by atoms with van der Waals surface area (Å²) in [5.74, 6) is 0.165. The van der Waals surface area contributed by atoms with Gasteiger partial charge in [0.15, 0.2) is 4.34 Å². The number of nitrogens with zero attached hydrogens (tertiary/aromatic N) is 2. The Balaban J connectivity index is 1.63. The van der Waals surface area contributed by atoms with E-state index >= 15 is 0 Å². The highest BCUT2D eigenvalue weighted by molar-refractivity contribution is 8.01. The van der Waals surface area contributed by atoms with Gasteiger partial charge >= 0.3 is 0 Å². The summed E-state index contributed by atoms with van der Waals surface area (Å²) in [4.78, 5) is 11.5. The van der Waals surface area contributed by atoms with E-state index in [2.05, 4.69) is 20.8 Å². The van der Waals surface area contributed by atoms with Gasteiger partial charge in [0.1, 0.15) is 6.17 Å². The van der Waals surface area contributed by atoms with Crippen LogP contribution in [0, 0.1) is 0 Å². The van der Waals surface area contributed by atoms with E-state index in [9.17, 15) is 9.18 Å². The van der Waals surface area contributed by atoms with Gasteiger partial charge in [-0.25, -0.2) is 4.39 Å². The van der Waals surface area contributed by atoms with Crippen LogP contribution in [0.25, 0.3) is 0 Å². The molecule has 1 aliphatic rings. The van der Waals surface area contributed by atoms with Gasteiger partial charge in [0.25, 0.3) is 0 Å². The highest BCUT2D eigenvalue weighted by Gasteiger charge is 2.23. The van der Waals surface area contributed by atoms with Gasteiger partial charge in [-0.3, -0.25) is 4.79 Å². The first-order chi connectivity index (χ1) is 8.63. The zero-order chi connectivity index (χ0) is 13.0. The molecule has 2 heterocycles. The number of carbonyl (C=O) groups is 1. The first-order valence-electron chi connectivity index (χ1n) is 5.49. The fraction of sp³-hybridized carbons (Fsp3) is 0.667. The van der Waals surface area contributed by atoms with E-state index in [0.29, 0.717) is 29.0 Å². The van der Waals surface area contributed by atoms with E-state index in [1.807, 2.05) is 0 Å². The number of nitrogen functional groups attached to an aromatic ring is 1. The molecule has 1 aliphatic heterocycles. The van der Waals surface area contributed by atoms with Crippen LogP contribution in [0.5, 0.6) is 0 Å². The minimum Gasteiger partial charge on any atom is -0.374 e. The van der Waals surface area contributed by atoms with Crippen molar-refractivity contribution in [1.82, 2.24) is 20.8 Å². The molecule has 1 amide bonds. The van der Waals surface area contributed by atoms with Gasteiger partial charge < -0.3 is 16.4 Å². The van der Waals surface area contributed by atoms with Crippen LogP contribution in [0.3, 0.4) is 0 Å². The molecule has 0 aliphatic carbocycles. The fourth-order valence-corrected chi connectivity index (χ4v) is 3.09. The van der Waals surface area contributed by atoms with Crippen molar-refractivity contribution in [3.8, 4) is 0 Å². The second-order valence-corrected chi connectivity index (χ2v) is 6.17. The van der Waals surface area contributed by atoms with Gasteiger partial charge in [0, 0.05) is 19.1 Å². The van der Waals surface area contributed by atoms with Crippen molar-refractivity contribution in [1.29, 1.82) is 0 Å². The molecule has 1 aromatic heterocycles. The van der Waals surface area contributed by atoms with E-state index < -0.39 is 6.17 Å². The number of alkyl halides is 1. The number of amides is 1. The molecule has 0 spiro atoms. The van der Waals surface area contributed by atoms with E-state index in [4.69, 9.17) is 5.73 Å². The van der Waals surface area contributed by atoms with Gasteiger partial charge in [-0.2, -0.15) is 0 Å². The Morgan fingerprint density at radius 1 is 1.67 bits per heavy atom. The van der Waals surface area contributed by atoms with Gasteiger partial charge in [-0.15, -0.1) is 10.2 Å².